The molecule has 0 amide bonds. The van der Waals surface area contributed by atoms with Crippen LogP contribution in [-0.4, -0.2) is 17.7 Å². The van der Waals surface area contributed by atoms with Gasteiger partial charge in [-0.3, -0.25) is 0 Å². The van der Waals surface area contributed by atoms with Gasteiger partial charge in [-0.15, -0.1) is 0 Å². The number of carbonyl (C=O) groups excluding carboxylic acids is 1. The molecule has 1 N–H and O–H groups in total. The zero-order valence-electron chi connectivity index (χ0n) is 14.6. The third kappa shape index (κ3) is 10.1. The quantitative estimate of drug-likeness (QED) is 0.207. The lowest BCUT2D eigenvalue weighted by atomic mass is 10.1. The molecule has 0 unspecified atom stereocenters. The molecular weight excluding hydrogens is 288 g/mol. The number of ether oxygens (including phenoxy) is 1. The monoisotopic (exact) mass is 320 g/mol. The summed E-state index contributed by atoms with van der Waals surface area (Å²) in [7, 11) is 0. The molecule has 1 rings (SSSR count). The van der Waals surface area contributed by atoms with E-state index in [9.17, 15) is 4.79 Å². The Kier molecular flexibility index (Phi) is 11.2. The minimum atomic E-state index is -0.326. The normalized spacial score (nSPS) is 16.3. The highest BCUT2D eigenvalue weighted by molar-refractivity contribution is 6.01. The van der Waals surface area contributed by atoms with Gasteiger partial charge in [0.15, 0.2) is 0 Å². The van der Waals surface area contributed by atoms with Gasteiger partial charge >= 0.3 is 5.97 Å². The highest BCUT2D eigenvalue weighted by atomic mass is 16.6. The van der Waals surface area contributed by atoms with Crippen molar-refractivity contribution >= 4 is 5.97 Å². The van der Waals surface area contributed by atoms with Crippen molar-refractivity contribution in [3.63, 3.8) is 0 Å². The molecule has 0 aromatic carbocycles. The average molecular weight is 320 g/mol. The fourth-order valence-corrected chi connectivity index (χ4v) is 2.56. The molecule has 0 radical (unpaired) electrons. The Morgan fingerprint density at radius 3 is 2.04 bits per heavy atom. The number of epoxide rings is 1. The SMILES string of the molecule is CCCCCCCCCCCCC=CC=CC(CO)=C1OC1=O. The van der Waals surface area contributed by atoms with E-state index in [-0.39, 0.29) is 12.6 Å². The van der Waals surface area contributed by atoms with Crippen molar-refractivity contribution in [3.05, 3.63) is 35.6 Å². The van der Waals surface area contributed by atoms with E-state index in [0.29, 0.717) is 11.3 Å². The molecule has 23 heavy (non-hydrogen) atoms. The molecule has 1 fully saturated rings. The minimum absolute atomic E-state index is 0.163. The van der Waals surface area contributed by atoms with Gasteiger partial charge in [0.1, 0.15) is 0 Å². The Balaban J connectivity index is 1.92. The van der Waals surface area contributed by atoms with E-state index in [4.69, 9.17) is 5.11 Å². The fourth-order valence-electron chi connectivity index (χ4n) is 2.56. The predicted molar refractivity (Wildman–Crippen MR) is 94.9 cm³/mol. The Bertz CT molecular complexity index is 419. The van der Waals surface area contributed by atoms with Crippen molar-refractivity contribution in [2.45, 2.75) is 77.6 Å². The molecule has 0 aromatic rings. The molecule has 3 nitrogen and oxygen atoms in total. The van der Waals surface area contributed by atoms with Gasteiger partial charge in [0.05, 0.1) is 6.61 Å². The van der Waals surface area contributed by atoms with Crippen molar-refractivity contribution in [3.8, 4) is 0 Å². The zero-order valence-corrected chi connectivity index (χ0v) is 14.6. The number of cyclic esters (lactones) is 1. The van der Waals surface area contributed by atoms with Crippen molar-refractivity contribution < 1.29 is 14.6 Å². The van der Waals surface area contributed by atoms with Gasteiger partial charge in [-0.2, -0.15) is 0 Å². The summed E-state index contributed by atoms with van der Waals surface area (Å²) in [5.74, 6) is -0.0279. The molecule has 0 atom stereocenters. The van der Waals surface area contributed by atoms with Gasteiger partial charge in [-0.1, -0.05) is 89.0 Å². The fraction of sp³-hybridized carbons (Fsp3) is 0.650. The van der Waals surface area contributed by atoms with Crippen molar-refractivity contribution in [1.29, 1.82) is 0 Å². The number of hydrogen-bond donors (Lipinski definition) is 1. The van der Waals surface area contributed by atoms with Crippen LogP contribution >= 0.6 is 0 Å². The number of aliphatic hydroxyl groups excluding tert-OH is 1. The van der Waals surface area contributed by atoms with Crippen LogP contribution in [0.15, 0.2) is 35.6 Å². The lowest BCUT2D eigenvalue weighted by Crippen LogP contribution is -1.86. The maximum absolute atomic E-state index is 10.8. The van der Waals surface area contributed by atoms with E-state index in [0.717, 1.165) is 6.42 Å². The third-order valence-corrected chi connectivity index (χ3v) is 4.07. The summed E-state index contributed by atoms with van der Waals surface area (Å²) in [6.07, 6.45) is 22.3. The summed E-state index contributed by atoms with van der Waals surface area (Å²) in [5, 5.41) is 9.09. The molecule has 130 valence electrons. The van der Waals surface area contributed by atoms with Gasteiger partial charge in [-0.25, -0.2) is 4.79 Å². The molecule has 0 bridgehead atoms. The van der Waals surface area contributed by atoms with Crippen LogP contribution in [0.2, 0.25) is 0 Å². The molecule has 1 heterocycles. The van der Waals surface area contributed by atoms with Crippen molar-refractivity contribution in [2.24, 2.45) is 0 Å². The summed E-state index contributed by atoms with van der Waals surface area (Å²) in [6, 6.07) is 0. The van der Waals surface area contributed by atoms with Crippen LogP contribution < -0.4 is 0 Å². The summed E-state index contributed by atoms with van der Waals surface area (Å²) in [6.45, 7) is 2.10. The molecule has 1 saturated heterocycles. The predicted octanol–water partition coefficient (Wildman–Crippen LogP) is 5.21. The summed E-state index contributed by atoms with van der Waals surface area (Å²) in [5.41, 5.74) is 0.554. The van der Waals surface area contributed by atoms with Crippen LogP contribution in [0, 0.1) is 0 Å². The van der Waals surface area contributed by atoms with Gasteiger partial charge in [-0.05, 0) is 12.8 Å². The van der Waals surface area contributed by atoms with Crippen LogP contribution in [0.25, 0.3) is 0 Å². The molecule has 3 heteroatoms. The molecule has 0 saturated carbocycles. The Morgan fingerprint density at radius 2 is 1.52 bits per heavy atom. The third-order valence-electron chi connectivity index (χ3n) is 4.07. The summed E-state index contributed by atoms with van der Waals surface area (Å²) in [4.78, 5) is 10.8. The number of carbonyl (C=O) groups is 1. The Morgan fingerprint density at radius 1 is 0.957 bits per heavy atom. The molecule has 0 spiro atoms. The molecular formula is C20H32O3. The van der Waals surface area contributed by atoms with Gasteiger partial charge in [0.2, 0.25) is 5.76 Å². The second-order valence-corrected chi connectivity index (χ2v) is 6.16. The lowest BCUT2D eigenvalue weighted by Gasteiger charge is -2.01. The smallest absolute Gasteiger partial charge is 0.380 e. The van der Waals surface area contributed by atoms with E-state index in [2.05, 4.69) is 17.7 Å². The average Bonchev–Trinajstić information content (AvgIpc) is 3.28. The number of unbranched alkanes of at least 4 members (excludes halogenated alkanes) is 10. The van der Waals surface area contributed by atoms with Crippen LogP contribution in [0.4, 0.5) is 0 Å². The van der Waals surface area contributed by atoms with Crippen molar-refractivity contribution in [1.82, 2.24) is 0 Å². The van der Waals surface area contributed by atoms with E-state index < -0.39 is 0 Å². The second-order valence-electron chi connectivity index (χ2n) is 6.16. The molecule has 0 aromatic heterocycles. The first-order valence-corrected chi connectivity index (χ1v) is 9.19. The van der Waals surface area contributed by atoms with E-state index >= 15 is 0 Å². The van der Waals surface area contributed by atoms with E-state index in [1.54, 1.807) is 6.08 Å². The summed E-state index contributed by atoms with van der Waals surface area (Å²) < 4.78 is 4.64. The van der Waals surface area contributed by atoms with Crippen LogP contribution in [-0.2, 0) is 9.53 Å². The minimum Gasteiger partial charge on any atom is -0.412 e. The molecule has 0 aliphatic carbocycles. The first-order valence-electron chi connectivity index (χ1n) is 9.19. The van der Waals surface area contributed by atoms with Crippen LogP contribution in [0.1, 0.15) is 77.6 Å². The Labute approximate surface area is 141 Å². The maximum atomic E-state index is 10.8. The standard InChI is InChI=1S/C20H32O3/c1-2-3-4-5-6-7-8-9-10-11-12-13-14-15-16-18(17-21)19-20(22)23-19/h13-16,21H,2-12,17H2,1H3. The van der Waals surface area contributed by atoms with E-state index in [1.807, 2.05) is 12.2 Å². The van der Waals surface area contributed by atoms with Gasteiger partial charge in [0.25, 0.3) is 0 Å². The number of hydrogen-bond acceptors (Lipinski definition) is 3. The lowest BCUT2D eigenvalue weighted by molar-refractivity contribution is -0.117. The number of aliphatic hydroxyl groups is 1. The van der Waals surface area contributed by atoms with Gasteiger partial charge < -0.3 is 9.84 Å². The second kappa shape index (κ2) is 13.1. The first-order chi connectivity index (χ1) is 11.3. The largest absolute Gasteiger partial charge is 0.412 e. The van der Waals surface area contributed by atoms with Crippen LogP contribution in [0.5, 0.6) is 0 Å². The van der Waals surface area contributed by atoms with Gasteiger partial charge in [0, 0.05) is 5.57 Å². The molecule has 1 aliphatic rings. The highest BCUT2D eigenvalue weighted by Gasteiger charge is 2.33. The van der Waals surface area contributed by atoms with Crippen LogP contribution in [0.3, 0.4) is 0 Å². The first kappa shape index (κ1) is 19.7. The topological polar surface area (TPSA) is 49.8 Å². The summed E-state index contributed by atoms with van der Waals surface area (Å²) >= 11 is 0. The molecule has 1 aliphatic heterocycles. The van der Waals surface area contributed by atoms with Crippen molar-refractivity contribution in [2.75, 3.05) is 6.61 Å². The maximum Gasteiger partial charge on any atom is 0.380 e. The number of allylic oxidation sites excluding steroid dienone is 3. The Hall–Kier alpha value is -1.35. The van der Waals surface area contributed by atoms with E-state index in [1.165, 1.54) is 64.2 Å². The highest BCUT2D eigenvalue weighted by Crippen LogP contribution is 2.22. The number of rotatable bonds is 14. The zero-order chi connectivity index (χ0) is 16.8.